The number of carbonyl (C=O) groups is 1. The van der Waals surface area contributed by atoms with Crippen molar-refractivity contribution in [3.8, 4) is 0 Å². The molecule has 1 aromatic heterocycles. The smallest absolute Gasteiger partial charge is 0.252 e. The first kappa shape index (κ1) is 21.3. The largest absolute Gasteiger partial charge is 0.324 e. The van der Waals surface area contributed by atoms with Crippen LogP contribution < -0.4 is 5.32 Å². The van der Waals surface area contributed by atoms with E-state index in [9.17, 15) is 13.2 Å². The van der Waals surface area contributed by atoms with Crippen molar-refractivity contribution in [2.45, 2.75) is 17.2 Å². The molecule has 1 aliphatic rings. The molecule has 0 saturated carbocycles. The van der Waals surface area contributed by atoms with Gasteiger partial charge in [-0.05, 0) is 30.5 Å². The minimum atomic E-state index is -3.54. The standard InChI is InChI=1S/C21H22ClN3O3S2/c1-15(21(26)23-18-8-4-6-16-5-2-3-7-17(16)18)24-11-13-25(14-12-24)30(27,28)20-10-9-19(22)29-20/h2-10,15H,11-14H2,1H3,(H,23,26)/t15-/m1/s1. The molecule has 2 heterocycles. The van der Waals surface area contributed by atoms with Crippen LogP contribution in [0.4, 0.5) is 5.69 Å². The highest BCUT2D eigenvalue weighted by Gasteiger charge is 2.32. The second-order valence-corrected chi connectivity index (χ2v) is 11.1. The Balaban J connectivity index is 1.40. The first-order chi connectivity index (χ1) is 14.4. The maximum absolute atomic E-state index is 12.9. The molecule has 0 aliphatic carbocycles. The van der Waals surface area contributed by atoms with Gasteiger partial charge in [0.1, 0.15) is 4.21 Å². The summed E-state index contributed by atoms with van der Waals surface area (Å²) >= 11 is 6.95. The third kappa shape index (κ3) is 4.24. The molecular weight excluding hydrogens is 442 g/mol. The first-order valence-electron chi connectivity index (χ1n) is 9.64. The number of nitrogens with one attached hydrogen (secondary N) is 1. The van der Waals surface area contributed by atoms with E-state index >= 15 is 0 Å². The number of piperazine rings is 1. The molecule has 1 aliphatic heterocycles. The number of hydrogen-bond donors (Lipinski definition) is 1. The van der Waals surface area contributed by atoms with Crippen LogP contribution in [-0.2, 0) is 14.8 Å². The Kier molecular flexibility index (Phi) is 6.13. The zero-order chi connectivity index (χ0) is 21.3. The minimum Gasteiger partial charge on any atom is -0.324 e. The average molecular weight is 464 g/mol. The zero-order valence-electron chi connectivity index (χ0n) is 16.4. The van der Waals surface area contributed by atoms with Crippen molar-refractivity contribution in [1.29, 1.82) is 0 Å². The second-order valence-electron chi connectivity index (χ2n) is 7.19. The summed E-state index contributed by atoms with van der Waals surface area (Å²) in [4.78, 5) is 14.9. The van der Waals surface area contributed by atoms with E-state index < -0.39 is 10.0 Å². The molecule has 0 bridgehead atoms. The van der Waals surface area contributed by atoms with Gasteiger partial charge < -0.3 is 5.32 Å². The van der Waals surface area contributed by atoms with Crippen molar-refractivity contribution in [2.24, 2.45) is 0 Å². The molecule has 3 aromatic rings. The van der Waals surface area contributed by atoms with Gasteiger partial charge in [-0.2, -0.15) is 4.31 Å². The summed E-state index contributed by atoms with van der Waals surface area (Å²) in [6.07, 6.45) is 0. The average Bonchev–Trinajstić information content (AvgIpc) is 3.21. The number of anilines is 1. The third-order valence-corrected chi connectivity index (χ3v) is 8.99. The van der Waals surface area contributed by atoms with Gasteiger partial charge in [0.05, 0.1) is 10.4 Å². The summed E-state index contributed by atoms with van der Waals surface area (Å²) < 4.78 is 27.7. The normalized spacial score (nSPS) is 17.1. The van der Waals surface area contributed by atoms with Gasteiger partial charge in [-0.1, -0.05) is 48.0 Å². The number of carbonyl (C=O) groups excluding carboxylic acids is 1. The summed E-state index contributed by atoms with van der Waals surface area (Å²) in [6, 6.07) is 16.5. The quantitative estimate of drug-likeness (QED) is 0.623. The van der Waals surface area contributed by atoms with Crippen LogP contribution in [0.2, 0.25) is 4.34 Å². The summed E-state index contributed by atoms with van der Waals surface area (Å²) in [7, 11) is -3.54. The number of benzene rings is 2. The van der Waals surface area contributed by atoms with E-state index in [0.29, 0.717) is 30.5 Å². The highest BCUT2D eigenvalue weighted by atomic mass is 35.5. The number of sulfonamides is 1. The summed E-state index contributed by atoms with van der Waals surface area (Å²) in [6.45, 7) is 3.50. The Morgan fingerprint density at radius 2 is 1.73 bits per heavy atom. The predicted octanol–water partition coefficient (Wildman–Crippen LogP) is 3.89. The van der Waals surface area contributed by atoms with Crippen LogP contribution in [0.15, 0.2) is 58.8 Å². The first-order valence-corrected chi connectivity index (χ1v) is 12.3. The van der Waals surface area contributed by atoms with Crippen LogP contribution in [0.25, 0.3) is 10.8 Å². The van der Waals surface area contributed by atoms with Crippen molar-refractivity contribution in [3.63, 3.8) is 0 Å². The summed E-state index contributed by atoms with van der Waals surface area (Å²) in [5, 5.41) is 5.08. The van der Waals surface area contributed by atoms with Crippen LogP contribution in [0.5, 0.6) is 0 Å². The van der Waals surface area contributed by atoms with Crippen molar-refractivity contribution >= 4 is 55.3 Å². The summed E-state index contributed by atoms with van der Waals surface area (Å²) in [5.74, 6) is -0.104. The topological polar surface area (TPSA) is 69.7 Å². The molecule has 1 N–H and O–H groups in total. The number of halogens is 1. The zero-order valence-corrected chi connectivity index (χ0v) is 18.8. The van der Waals surface area contributed by atoms with E-state index in [1.165, 1.54) is 10.4 Å². The number of thiophene rings is 1. The fourth-order valence-electron chi connectivity index (χ4n) is 3.63. The predicted molar refractivity (Wildman–Crippen MR) is 122 cm³/mol. The number of hydrogen-bond acceptors (Lipinski definition) is 5. The minimum absolute atomic E-state index is 0.104. The van der Waals surface area contributed by atoms with E-state index in [4.69, 9.17) is 11.6 Å². The molecular formula is C21H22ClN3O3S2. The van der Waals surface area contributed by atoms with Gasteiger partial charge in [-0.15, -0.1) is 11.3 Å². The van der Waals surface area contributed by atoms with E-state index in [2.05, 4.69) is 5.32 Å². The van der Waals surface area contributed by atoms with Gasteiger partial charge in [0.25, 0.3) is 10.0 Å². The van der Waals surface area contributed by atoms with E-state index in [1.54, 1.807) is 6.07 Å². The van der Waals surface area contributed by atoms with Gasteiger partial charge in [0.15, 0.2) is 0 Å². The highest BCUT2D eigenvalue weighted by Crippen LogP contribution is 2.29. The molecule has 1 amide bonds. The Morgan fingerprint density at radius 1 is 1.03 bits per heavy atom. The monoisotopic (exact) mass is 463 g/mol. The lowest BCUT2D eigenvalue weighted by molar-refractivity contribution is -0.121. The van der Waals surface area contributed by atoms with Crippen LogP contribution in [0.3, 0.4) is 0 Å². The van der Waals surface area contributed by atoms with E-state index in [-0.39, 0.29) is 16.2 Å². The van der Waals surface area contributed by atoms with Gasteiger partial charge in [-0.25, -0.2) is 8.42 Å². The number of rotatable bonds is 5. The lowest BCUT2D eigenvalue weighted by Gasteiger charge is -2.36. The van der Waals surface area contributed by atoms with Crippen molar-refractivity contribution in [1.82, 2.24) is 9.21 Å². The van der Waals surface area contributed by atoms with E-state index in [0.717, 1.165) is 27.8 Å². The van der Waals surface area contributed by atoms with Gasteiger partial charge in [-0.3, -0.25) is 9.69 Å². The molecule has 0 radical (unpaired) electrons. The molecule has 1 saturated heterocycles. The van der Waals surface area contributed by atoms with Gasteiger partial charge in [0.2, 0.25) is 5.91 Å². The SMILES string of the molecule is C[C@H](C(=O)Nc1cccc2ccccc12)N1CCN(S(=O)(=O)c2ccc(Cl)s2)CC1. The Morgan fingerprint density at radius 3 is 2.43 bits per heavy atom. The number of amides is 1. The molecule has 9 heteroatoms. The number of fused-ring (bicyclic) bond motifs is 1. The molecule has 158 valence electrons. The maximum atomic E-state index is 12.9. The molecule has 0 unspecified atom stereocenters. The molecule has 1 fully saturated rings. The Hall–Kier alpha value is -1.97. The molecule has 1 atom stereocenters. The fourth-order valence-corrected chi connectivity index (χ4v) is 6.69. The third-order valence-electron chi connectivity index (χ3n) is 5.39. The second kappa shape index (κ2) is 8.64. The van der Waals surface area contributed by atoms with Crippen LogP contribution >= 0.6 is 22.9 Å². The van der Waals surface area contributed by atoms with Crippen molar-refractivity contribution in [3.05, 3.63) is 58.9 Å². The van der Waals surface area contributed by atoms with Crippen molar-refractivity contribution in [2.75, 3.05) is 31.5 Å². The molecule has 2 aromatic carbocycles. The van der Waals surface area contributed by atoms with Gasteiger partial charge >= 0.3 is 0 Å². The molecule has 4 rings (SSSR count). The number of nitrogens with zero attached hydrogens (tertiary/aromatic N) is 2. The van der Waals surface area contributed by atoms with Crippen LogP contribution in [-0.4, -0.2) is 55.8 Å². The van der Waals surface area contributed by atoms with Crippen LogP contribution in [0, 0.1) is 0 Å². The Bertz CT molecular complexity index is 1170. The lowest BCUT2D eigenvalue weighted by Crippen LogP contribution is -2.53. The fraction of sp³-hybridized carbons (Fsp3) is 0.286. The lowest BCUT2D eigenvalue weighted by atomic mass is 10.1. The van der Waals surface area contributed by atoms with Crippen molar-refractivity contribution < 1.29 is 13.2 Å². The highest BCUT2D eigenvalue weighted by molar-refractivity contribution is 7.91. The van der Waals surface area contributed by atoms with Gasteiger partial charge in [0, 0.05) is 37.3 Å². The molecule has 6 nitrogen and oxygen atoms in total. The van der Waals surface area contributed by atoms with E-state index in [1.807, 2.05) is 54.3 Å². The molecule has 0 spiro atoms. The molecule has 30 heavy (non-hydrogen) atoms. The van der Waals surface area contributed by atoms with Crippen LogP contribution in [0.1, 0.15) is 6.92 Å². The Labute approximate surface area is 185 Å². The summed E-state index contributed by atoms with van der Waals surface area (Å²) in [5.41, 5.74) is 0.778. The maximum Gasteiger partial charge on any atom is 0.252 e.